The molecule has 6 nitrogen and oxygen atoms in total. The molecule has 0 unspecified atom stereocenters. The van der Waals surface area contributed by atoms with Gasteiger partial charge in [0.25, 0.3) is 0 Å². The van der Waals surface area contributed by atoms with E-state index >= 15 is 0 Å². The number of piperidine rings is 1. The highest BCUT2D eigenvalue weighted by Gasteiger charge is 2.22. The Bertz CT molecular complexity index is 1430. The molecule has 0 amide bonds. The van der Waals surface area contributed by atoms with E-state index in [1.807, 2.05) is 12.3 Å². The maximum Gasteiger partial charge on any atom is 0.335 e. The van der Waals surface area contributed by atoms with Gasteiger partial charge in [-0.2, -0.15) is 0 Å². The molecule has 3 heterocycles. The second-order valence-corrected chi connectivity index (χ2v) is 10.7. The Hall–Kier alpha value is -3.55. The van der Waals surface area contributed by atoms with Crippen LogP contribution in [-0.4, -0.2) is 50.1 Å². The lowest BCUT2D eigenvalue weighted by Gasteiger charge is -2.32. The normalized spacial score (nSPS) is 14.5. The van der Waals surface area contributed by atoms with Gasteiger partial charge in [-0.15, -0.1) is 0 Å². The molecule has 202 valence electrons. The fourth-order valence-corrected chi connectivity index (χ4v) is 5.70. The van der Waals surface area contributed by atoms with E-state index < -0.39 is 5.97 Å². The molecule has 2 aromatic heterocycles. The Kier molecular flexibility index (Phi) is 8.38. The Morgan fingerprint density at radius 1 is 1.03 bits per heavy atom. The first-order valence-electron chi connectivity index (χ1n) is 13.3. The fourth-order valence-electron chi connectivity index (χ4n) is 5.41. The number of imidazole rings is 1. The second kappa shape index (κ2) is 12.1. The predicted molar refractivity (Wildman–Crippen MR) is 151 cm³/mol. The highest BCUT2D eigenvalue weighted by Crippen LogP contribution is 2.31. The largest absolute Gasteiger partial charge is 0.478 e. The number of halogens is 2. The van der Waals surface area contributed by atoms with E-state index in [0.717, 1.165) is 55.2 Å². The van der Waals surface area contributed by atoms with Crippen molar-refractivity contribution >= 4 is 17.6 Å². The minimum atomic E-state index is -1.00. The Morgan fingerprint density at radius 3 is 2.51 bits per heavy atom. The van der Waals surface area contributed by atoms with Crippen LogP contribution in [0.3, 0.4) is 0 Å². The van der Waals surface area contributed by atoms with Gasteiger partial charge in [-0.1, -0.05) is 29.8 Å². The number of pyridine rings is 1. The summed E-state index contributed by atoms with van der Waals surface area (Å²) < 4.78 is 15.5. The highest BCUT2D eigenvalue weighted by molar-refractivity contribution is 6.30. The van der Waals surface area contributed by atoms with Crippen LogP contribution >= 0.6 is 11.6 Å². The van der Waals surface area contributed by atoms with Gasteiger partial charge < -0.3 is 14.6 Å². The first-order valence-corrected chi connectivity index (χ1v) is 13.7. The van der Waals surface area contributed by atoms with Gasteiger partial charge in [0.15, 0.2) is 5.82 Å². The first-order chi connectivity index (χ1) is 18.9. The van der Waals surface area contributed by atoms with Crippen molar-refractivity contribution in [3.05, 3.63) is 106 Å². The average molecular weight is 547 g/mol. The molecule has 4 aromatic rings. The molecule has 0 aliphatic carbocycles. The predicted octanol–water partition coefficient (Wildman–Crippen LogP) is 6.41. The third-order valence-electron chi connectivity index (χ3n) is 7.52. The van der Waals surface area contributed by atoms with Crippen molar-refractivity contribution in [3.8, 4) is 11.5 Å². The lowest BCUT2D eigenvalue weighted by molar-refractivity contribution is 0.0696. The number of aromatic nitrogens is 3. The molecule has 0 spiro atoms. The summed E-state index contributed by atoms with van der Waals surface area (Å²) in [5.41, 5.74) is 5.33. The van der Waals surface area contributed by atoms with Gasteiger partial charge in [0.1, 0.15) is 11.5 Å². The van der Waals surface area contributed by atoms with Gasteiger partial charge >= 0.3 is 5.97 Å². The Balaban J connectivity index is 1.29. The van der Waals surface area contributed by atoms with Crippen LogP contribution in [0.15, 0.2) is 67.0 Å². The van der Waals surface area contributed by atoms with Gasteiger partial charge in [0.05, 0.1) is 5.56 Å². The molecule has 1 saturated heterocycles. The second-order valence-electron chi connectivity index (χ2n) is 10.3. The van der Waals surface area contributed by atoms with Gasteiger partial charge in [-0.05, 0) is 98.3 Å². The van der Waals surface area contributed by atoms with E-state index in [-0.39, 0.29) is 11.4 Å². The summed E-state index contributed by atoms with van der Waals surface area (Å²) in [6, 6.07) is 15.9. The number of benzene rings is 2. The summed E-state index contributed by atoms with van der Waals surface area (Å²) in [7, 11) is 0. The first kappa shape index (κ1) is 27.0. The number of nitrogens with zero attached hydrogens (tertiary/aromatic N) is 4. The average Bonchev–Trinajstić information content (AvgIpc) is 3.34. The maximum atomic E-state index is 13.4. The molecule has 0 atom stereocenters. The van der Waals surface area contributed by atoms with Gasteiger partial charge in [-0.3, -0.25) is 4.98 Å². The van der Waals surface area contributed by atoms with Crippen LogP contribution in [0.5, 0.6) is 0 Å². The number of rotatable bonds is 9. The highest BCUT2D eigenvalue weighted by atomic mass is 35.5. The molecular weight excluding hydrogens is 515 g/mol. The number of carboxylic acids is 1. The topological polar surface area (TPSA) is 71.2 Å². The molecule has 1 aliphatic rings. The molecule has 0 bridgehead atoms. The quantitative estimate of drug-likeness (QED) is 0.263. The molecule has 1 aliphatic heterocycles. The minimum absolute atomic E-state index is 0.174. The minimum Gasteiger partial charge on any atom is -0.478 e. The van der Waals surface area contributed by atoms with E-state index in [2.05, 4.69) is 38.5 Å². The van der Waals surface area contributed by atoms with Crippen molar-refractivity contribution in [1.82, 2.24) is 19.4 Å². The summed E-state index contributed by atoms with van der Waals surface area (Å²) in [5.74, 6) is -0.0873. The van der Waals surface area contributed by atoms with E-state index in [1.54, 1.807) is 18.2 Å². The third kappa shape index (κ3) is 6.72. The van der Waals surface area contributed by atoms with Crippen LogP contribution in [0, 0.1) is 12.7 Å². The van der Waals surface area contributed by atoms with Crippen LogP contribution in [0.4, 0.5) is 4.39 Å². The summed E-state index contributed by atoms with van der Waals surface area (Å²) in [5, 5.41) is 10.3. The van der Waals surface area contributed by atoms with Crippen LogP contribution < -0.4 is 0 Å². The Labute approximate surface area is 233 Å². The van der Waals surface area contributed by atoms with Crippen molar-refractivity contribution in [3.63, 3.8) is 0 Å². The van der Waals surface area contributed by atoms with Crippen LogP contribution in [0.25, 0.3) is 11.5 Å². The summed E-state index contributed by atoms with van der Waals surface area (Å²) >= 11 is 6.30. The van der Waals surface area contributed by atoms with Crippen molar-refractivity contribution in [2.75, 3.05) is 19.6 Å². The number of aryl methyl sites for hydroxylation is 2. The molecule has 39 heavy (non-hydrogen) atoms. The number of aromatic carboxylic acids is 1. The molecular formula is C31H32ClFN4O2. The lowest BCUT2D eigenvalue weighted by atomic mass is 9.88. The molecule has 1 N–H and O–H groups in total. The van der Waals surface area contributed by atoms with Crippen LogP contribution in [-0.2, 0) is 19.4 Å². The number of carbonyl (C=O) groups is 1. The zero-order valence-electron chi connectivity index (χ0n) is 22.0. The van der Waals surface area contributed by atoms with Gasteiger partial charge in [0, 0.05) is 42.6 Å². The molecule has 5 rings (SSSR count). The van der Waals surface area contributed by atoms with E-state index in [4.69, 9.17) is 11.6 Å². The van der Waals surface area contributed by atoms with Crippen LogP contribution in [0.1, 0.15) is 51.5 Å². The molecule has 1 fully saturated rings. The number of likely N-dealkylation sites (tertiary alicyclic amines) is 1. The summed E-state index contributed by atoms with van der Waals surface area (Å²) in [4.78, 5) is 23.1. The van der Waals surface area contributed by atoms with Crippen LogP contribution in [0.2, 0.25) is 5.02 Å². The maximum absolute atomic E-state index is 13.4. The summed E-state index contributed by atoms with van der Waals surface area (Å²) in [6.07, 6.45) is 7.08. The zero-order valence-corrected chi connectivity index (χ0v) is 22.7. The molecule has 0 saturated carbocycles. The Morgan fingerprint density at radius 2 is 1.79 bits per heavy atom. The summed E-state index contributed by atoms with van der Waals surface area (Å²) in [6.45, 7) is 5.67. The van der Waals surface area contributed by atoms with E-state index in [1.165, 1.54) is 35.5 Å². The van der Waals surface area contributed by atoms with Crippen molar-refractivity contribution in [2.24, 2.45) is 0 Å². The number of carboxylic acid groups (broad SMARTS) is 1. The standard InChI is InChI=1S/C31H32ClFN4O2/c1-21-16-25(18-26(32)17-21)23-8-12-36(13-9-23)14-10-28-20-35-30(29-19-24(31(38)39)6-11-34-29)37(28)15-7-22-2-4-27(33)5-3-22/h2-6,11,16-20,23H,7-10,12-15H2,1H3,(H,38,39). The molecule has 8 heteroatoms. The molecule has 2 aromatic carbocycles. The number of hydrogen-bond donors (Lipinski definition) is 1. The zero-order chi connectivity index (χ0) is 27.4. The van der Waals surface area contributed by atoms with E-state index in [9.17, 15) is 14.3 Å². The SMILES string of the molecule is Cc1cc(Cl)cc(C2CCN(CCc3cnc(-c4cc(C(=O)O)ccn4)n3CCc3ccc(F)cc3)CC2)c1. The third-order valence-corrected chi connectivity index (χ3v) is 7.74. The smallest absolute Gasteiger partial charge is 0.335 e. The lowest BCUT2D eigenvalue weighted by Crippen LogP contribution is -2.34. The van der Waals surface area contributed by atoms with Gasteiger partial charge in [0.2, 0.25) is 0 Å². The van der Waals surface area contributed by atoms with E-state index in [0.29, 0.717) is 30.4 Å². The number of hydrogen-bond acceptors (Lipinski definition) is 4. The monoisotopic (exact) mass is 546 g/mol. The van der Waals surface area contributed by atoms with Crippen molar-refractivity contribution < 1.29 is 14.3 Å². The van der Waals surface area contributed by atoms with Crippen molar-refractivity contribution in [2.45, 2.75) is 45.1 Å². The fraction of sp³-hybridized carbons (Fsp3) is 0.323. The molecule has 0 radical (unpaired) electrons. The van der Waals surface area contributed by atoms with Crippen molar-refractivity contribution in [1.29, 1.82) is 0 Å². The van der Waals surface area contributed by atoms with Gasteiger partial charge in [-0.25, -0.2) is 14.2 Å².